The van der Waals surface area contributed by atoms with E-state index in [-0.39, 0.29) is 11.9 Å². The van der Waals surface area contributed by atoms with Gasteiger partial charge in [-0.25, -0.2) is 0 Å². The van der Waals surface area contributed by atoms with Gasteiger partial charge in [0.15, 0.2) is 0 Å². The predicted molar refractivity (Wildman–Crippen MR) is 69.3 cm³/mol. The van der Waals surface area contributed by atoms with Crippen molar-refractivity contribution in [2.75, 3.05) is 19.0 Å². The minimum Gasteiger partial charge on any atom is -0.497 e. The van der Waals surface area contributed by atoms with Gasteiger partial charge in [-0.1, -0.05) is 12.1 Å². The normalized spacial score (nSPS) is 11.4. The molecule has 0 aliphatic heterocycles. The molecule has 0 spiro atoms. The third-order valence-electron chi connectivity index (χ3n) is 2.27. The van der Waals surface area contributed by atoms with Gasteiger partial charge in [-0.15, -0.1) is 6.58 Å². The lowest BCUT2D eigenvalue weighted by Gasteiger charge is -2.15. The van der Waals surface area contributed by atoms with Crippen molar-refractivity contribution in [2.24, 2.45) is 0 Å². The van der Waals surface area contributed by atoms with E-state index >= 15 is 0 Å². The molecule has 0 aliphatic rings. The summed E-state index contributed by atoms with van der Waals surface area (Å²) in [7, 11) is 1.61. The van der Waals surface area contributed by atoms with Crippen LogP contribution in [0.2, 0.25) is 0 Å². The largest absolute Gasteiger partial charge is 0.497 e. The number of rotatable bonds is 6. The molecule has 0 bridgehead atoms. The molecule has 1 aromatic rings. The fourth-order valence-electron chi connectivity index (χ4n) is 1.35. The zero-order valence-corrected chi connectivity index (χ0v) is 10.2. The fraction of sp³-hybridized carbons (Fsp3) is 0.308. The Balaban J connectivity index is 2.57. The summed E-state index contributed by atoms with van der Waals surface area (Å²) >= 11 is 0. The first-order chi connectivity index (χ1) is 8.17. The van der Waals surface area contributed by atoms with E-state index in [9.17, 15) is 4.79 Å². The van der Waals surface area contributed by atoms with Gasteiger partial charge in [0.1, 0.15) is 11.8 Å². The molecule has 0 saturated carbocycles. The summed E-state index contributed by atoms with van der Waals surface area (Å²) in [5, 5.41) is 5.83. The van der Waals surface area contributed by atoms with E-state index in [1.54, 1.807) is 20.1 Å². The maximum absolute atomic E-state index is 11.6. The van der Waals surface area contributed by atoms with Crippen LogP contribution in [0.25, 0.3) is 0 Å². The van der Waals surface area contributed by atoms with Crippen LogP contribution < -0.4 is 15.4 Å². The van der Waals surface area contributed by atoms with E-state index in [0.717, 1.165) is 11.4 Å². The molecule has 4 nitrogen and oxygen atoms in total. The molecule has 1 unspecified atom stereocenters. The average molecular weight is 234 g/mol. The first-order valence-electron chi connectivity index (χ1n) is 5.46. The molecule has 0 radical (unpaired) electrons. The molecule has 0 saturated heterocycles. The molecule has 1 aromatic carbocycles. The highest BCUT2D eigenvalue weighted by atomic mass is 16.5. The number of carbonyl (C=O) groups excluding carboxylic acids is 1. The maximum Gasteiger partial charge on any atom is 0.242 e. The number of ether oxygens (including phenoxy) is 1. The van der Waals surface area contributed by atoms with Gasteiger partial charge in [-0.3, -0.25) is 4.79 Å². The van der Waals surface area contributed by atoms with Gasteiger partial charge in [0.2, 0.25) is 5.91 Å². The van der Waals surface area contributed by atoms with Crippen LogP contribution in [0.4, 0.5) is 5.69 Å². The lowest BCUT2D eigenvalue weighted by atomic mass is 10.2. The van der Waals surface area contributed by atoms with E-state index in [0.29, 0.717) is 6.54 Å². The second kappa shape index (κ2) is 6.58. The van der Waals surface area contributed by atoms with E-state index in [1.165, 1.54) is 0 Å². The Hall–Kier alpha value is -1.97. The molecule has 17 heavy (non-hydrogen) atoms. The second-order valence-corrected chi connectivity index (χ2v) is 3.63. The maximum atomic E-state index is 11.6. The standard InChI is InChI=1S/C13H18N2O2/c1-4-8-14-13(16)10(2)15-11-6-5-7-12(9-11)17-3/h4-7,9-10,15H,1,8H2,2-3H3,(H,14,16). The predicted octanol–water partition coefficient (Wildman–Crippen LogP) is 1.80. The van der Waals surface area contributed by atoms with Gasteiger partial charge in [-0.05, 0) is 19.1 Å². The topological polar surface area (TPSA) is 50.4 Å². The number of benzene rings is 1. The smallest absolute Gasteiger partial charge is 0.242 e. The summed E-state index contributed by atoms with van der Waals surface area (Å²) in [5.74, 6) is 0.696. The lowest BCUT2D eigenvalue weighted by molar-refractivity contribution is -0.121. The van der Waals surface area contributed by atoms with Crippen molar-refractivity contribution in [3.05, 3.63) is 36.9 Å². The molecular weight excluding hydrogens is 216 g/mol. The Bertz CT molecular complexity index is 391. The first-order valence-corrected chi connectivity index (χ1v) is 5.46. The molecule has 1 amide bonds. The summed E-state index contributed by atoms with van der Waals surface area (Å²) in [4.78, 5) is 11.6. The SMILES string of the molecule is C=CCNC(=O)C(C)Nc1cccc(OC)c1. The third kappa shape index (κ3) is 4.18. The van der Waals surface area contributed by atoms with Gasteiger partial charge in [0.25, 0.3) is 0 Å². The van der Waals surface area contributed by atoms with Crippen LogP contribution in [0.5, 0.6) is 5.75 Å². The van der Waals surface area contributed by atoms with Gasteiger partial charge in [0, 0.05) is 18.3 Å². The van der Waals surface area contributed by atoms with Crippen molar-refractivity contribution < 1.29 is 9.53 Å². The number of carbonyl (C=O) groups is 1. The van der Waals surface area contributed by atoms with Crippen LogP contribution in [0.15, 0.2) is 36.9 Å². The number of hydrogen-bond donors (Lipinski definition) is 2. The van der Waals surface area contributed by atoms with Crippen LogP contribution in [0.1, 0.15) is 6.92 Å². The molecule has 1 atom stereocenters. The Morgan fingerprint density at radius 3 is 3.00 bits per heavy atom. The zero-order valence-electron chi connectivity index (χ0n) is 10.2. The molecule has 0 fully saturated rings. The molecule has 0 aromatic heterocycles. The van der Waals surface area contributed by atoms with Crippen molar-refractivity contribution in [1.29, 1.82) is 0 Å². The van der Waals surface area contributed by atoms with Gasteiger partial charge in [-0.2, -0.15) is 0 Å². The summed E-state index contributed by atoms with van der Waals surface area (Å²) < 4.78 is 5.11. The molecule has 4 heteroatoms. The van der Waals surface area contributed by atoms with E-state index in [1.807, 2.05) is 24.3 Å². The fourth-order valence-corrected chi connectivity index (χ4v) is 1.35. The third-order valence-corrected chi connectivity index (χ3v) is 2.27. The molecule has 0 aliphatic carbocycles. The second-order valence-electron chi connectivity index (χ2n) is 3.63. The van der Waals surface area contributed by atoms with Gasteiger partial charge >= 0.3 is 0 Å². The number of amides is 1. The zero-order chi connectivity index (χ0) is 12.7. The highest BCUT2D eigenvalue weighted by molar-refractivity contribution is 5.84. The molecule has 0 heterocycles. The van der Waals surface area contributed by atoms with Crippen molar-refractivity contribution >= 4 is 11.6 Å². The monoisotopic (exact) mass is 234 g/mol. The Labute approximate surface area is 102 Å². The Morgan fingerprint density at radius 1 is 1.59 bits per heavy atom. The highest BCUT2D eigenvalue weighted by Gasteiger charge is 2.11. The average Bonchev–Trinajstić information content (AvgIpc) is 2.36. The van der Waals surface area contributed by atoms with E-state index in [4.69, 9.17) is 4.74 Å². The number of nitrogens with one attached hydrogen (secondary N) is 2. The van der Waals surface area contributed by atoms with Crippen LogP contribution >= 0.6 is 0 Å². The molecule has 1 rings (SSSR count). The minimum absolute atomic E-state index is 0.0623. The Kier molecular flexibility index (Phi) is 5.07. The van der Waals surface area contributed by atoms with E-state index < -0.39 is 0 Å². The van der Waals surface area contributed by atoms with Crippen molar-refractivity contribution in [3.63, 3.8) is 0 Å². The van der Waals surface area contributed by atoms with Crippen molar-refractivity contribution in [1.82, 2.24) is 5.32 Å². The summed E-state index contributed by atoms with van der Waals surface area (Å²) in [6, 6.07) is 7.15. The van der Waals surface area contributed by atoms with Crippen LogP contribution in [-0.4, -0.2) is 25.6 Å². The van der Waals surface area contributed by atoms with Crippen LogP contribution in [0, 0.1) is 0 Å². The van der Waals surface area contributed by atoms with Crippen molar-refractivity contribution in [2.45, 2.75) is 13.0 Å². The molecule has 2 N–H and O–H groups in total. The number of methoxy groups -OCH3 is 1. The number of anilines is 1. The van der Waals surface area contributed by atoms with Gasteiger partial charge < -0.3 is 15.4 Å². The van der Waals surface area contributed by atoms with Gasteiger partial charge in [0.05, 0.1) is 7.11 Å². The van der Waals surface area contributed by atoms with Crippen LogP contribution in [0.3, 0.4) is 0 Å². The van der Waals surface area contributed by atoms with Crippen molar-refractivity contribution in [3.8, 4) is 5.75 Å². The summed E-state index contributed by atoms with van der Waals surface area (Å²) in [6.45, 7) is 5.83. The molecular formula is C13H18N2O2. The summed E-state index contributed by atoms with van der Waals surface area (Å²) in [6.07, 6.45) is 1.65. The minimum atomic E-state index is -0.304. The highest BCUT2D eigenvalue weighted by Crippen LogP contribution is 2.17. The molecule has 92 valence electrons. The Morgan fingerprint density at radius 2 is 2.35 bits per heavy atom. The van der Waals surface area contributed by atoms with E-state index in [2.05, 4.69) is 17.2 Å². The summed E-state index contributed by atoms with van der Waals surface area (Å²) in [5.41, 5.74) is 0.852. The number of hydrogen-bond acceptors (Lipinski definition) is 3. The van der Waals surface area contributed by atoms with Crippen LogP contribution in [-0.2, 0) is 4.79 Å². The lowest BCUT2D eigenvalue weighted by Crippen LogP contribution is -2.37. The first kappa shape index (κ1) is 13.1. The quantitative estimate of drug-likeness (QED) is 0.738.